The molecule has 1 aliphatic rings. The molecular formula is C15H27NO3. The van der Waals surface area contributed by atoms with Gasteiger partial charge in [-0.25, -0.2) is 0 Å². The van der Waals surface area contributed by atoms with Crippen LogP contribution in [0.3, 0.4) is 0 Å². The molecule has 2 N–H and O–H groups in total. The van der Waals surface area contributed by atoms with Crippen LogP contribution in [0.25, 0.3) is 0 Å². The van der Waals surface area contributed by atoms with E-state index in [0.717, 1.165) is 25.7 Å². The molecule has 0 aromatic rings. The summed E-state index contributed by atoms with van der Waals surface area (Å²) in [5, 5.41) is 11.9. The Balaban J connectivity index is 2.61. The zero-order valence-electron chi connectivity index (χ0n) is 12.4. The summed E-state index contributed by atoms with van der Waals surface area (Å²) in [4.78, 5) is 23.2. The number of hydrogen-bond acceptors (Lipinski definition) is 2. The fourth-order valence-electron chi connectivity index (χ4n) is 2.58. The second-order valence-electron chi connectivity index (χ2n) is 6.71. The van der Waals surface area contributed by atoms with Crippen LogP contribution in [0, 0.1) is 11.3 Å². The SMILES string of the molecule is CC(C)(C)C(CC(=O)O)NC(=O)C1CCCCCC1. The van der Waals surface area contributed by atoms with E-state index in [0.29, 0.717) is 0 Å². The molecule has 0 spiro atoms. The molecule has 4 nitrogen and oxygen atoms in total. The minimum atomic E-state index is -0.860. The van der Waals surface area contributed by atoms with Gasteiger partial charge in [0.05, 0.1) is 6.42 Å². The lowest BCUT2D eigenvalue weighted by atomic mass is 9.84. The van der Waals surface area contributed by atoms with Gasteiger partial charge in [-0.05, 0) is 18.3 Å². The molecule has 1 saturated carbocycles. The first-order valence-electron chi connectivity index (χ1n) is 7.33. The van der Waals surface area contributed by atoms with Gasteiger partial charge in [-0.15, -0.1) is 0 Å². The first-order valence-corrected chi connectivity index (χ1v) is 7.33. The van der Waals surface area contributed by atoms with Gasteiger partial charge in [0.1, 0.15) is 0 Å². The first-order chi connectivity index (χ1) is 8.80. The van der Waals surface area contributed by atoms with E-state index >= 15 is 0 Å². The second kappa shape index (κ2) is 6.92. The van der Waals surface area contributed by atoms with Gasteiger partial charge in [0.2, 0.25) is 5.91 Å². The third-order valence-electron chi connectivity index (χ3n) is 3.97. The largest absolute Gasteiger partial charge is 0.481 e. The number of amides is 1. The zero-order valence-corrected chi connectivity index (χ0v) is 12.4. The summed E-state index contributed by atoms with van der Waals surface area (Å²) in [6.45, 7) is 5.90. The number of hydrogen-bond donors (Lipinski definition) is 2. The smallest absolute Gasteiger partial charge is 0.305 e. The Kier molecular flexibility index (Phi) is 5.83. The summed E-state index contributed by atoms with van der Waals surface area (Å²) in [6, 6.07) is -0.305. The molecule has 1 unspecified atom stereocenters. The van der Waals surface area contributed by atoms with Crippen LogP contribution in [0.5, 0.6) is 0 Å². The van der Waals surface area contributed by atoms with Crippen LogP contribution in [0.1, 0.15) is 65.7 Å². The predicted octanol–water partition coefficient (Wildman–Crippen LogP) is 2.96. The molecule has 19 heavy (non-hydrogen) atoms. The molecule has 0 bridgehead atoms. The monoisotopic (exact) mass is 269 g/mol. The lowest BCUT2D eigenvalue weighted by Crippen LogP contribution is -2.47. The molecule has 0 aromatic carbocycles. The van der Waals surface area contributed by atoms with E-state index in [-0.39, 0.29) is 29.7 Å². The van der Waals surface area contributed by atoms with E-state index < -0.39 is 5.97 Å². The maximum absolute atomic E-state index is 12.3. The van der Waals surface area contributed by atoms with Crippen molar-refractivity contribution in [1.82, 2.24) is 5.32 Å². The lowest BCUT2D eigenvalue weighted by Gasteiger charge is -2.31. The van der Waals surface area contributed by atoms with Gasteiger partial charge in [-0.1, -0.05) is 46.5 Å². The van der Waals surface area contributed by atoms with Crippen molar-refractivity contribution >= 4 is 11.9 Å². The zero-order chi connectivity index (χ0) is 14.5. The Hall–Kier alpha value is -1.06. The highest BCUT2D eigenvalue weighted by Gasteiger charge is 2.30. The van der Waals surface area contributed by atoms with E-state index in [1.807, 2.05) is 20.8 Å². The maximum Gasteiger partial charge on any atom is 0.305 e. The van der Waals surface area contributed by atoms with Crippen molar-refractivity contribution in [3.63, 3.8) is 0 Å². The van der Waals surface area contributed by atoms with Crippen LogP contribution in [-0.2, 0) is 9.59 Å². The number of rotatable bonds is 4. The van der Waals surface area contributed by atoms with E-state index in [9.17, 15) is 9.59 Å². The van der Waals surface area contributed by atoms with Crippen LogP contribution in [0.4, 0.5) is 0 Å². The second-order valence-corrected chi connectivity index (χ2v) is 6.71. The highest BCUT2D eigenvalue weighted by Crippen LogP contribution is 2.26. The average Bonchev–Trinajstić information content (AvgIpc) is 2.54. The normalized spacial score (nSPS) is 19.5. The van der Waals surface area contributed by atoms with Crippen molar-refractivity contribution in [2.75, 3.05) is 0 Å². The molecule has 4 heteroatoms. The number of aliphatic carboxylic acids is 1. The van der Waals surface area contributed by atoms with Crippen molar-refractivity contribution in [2.24, 2.45) is 11.3 Å². The Morgan fingerprint density at radius 3 is 2.11 bits per heavy atom. The quantitative estimate of drug-likeness (QED) is 0.771. The summed E-state index contributed by atoms with van der Waals surface area (Å²) in [7, 11) is 0. The maximum atomic E-state index is 12.3. The van der Waals surface area contributed by atoms with Crippen LogP contribution < -0.4 is 5.32 Å². The Labute approximate surface area is 116 Å². The van der Waals surface area contributed by atoms with Gasteiger partial charge in [-0.3, -0.25) is 9.59 Å². The fraction of sp³-hybridized carbons (Fsp3) is 0.867. The van der Waals surface area contributed by atoms with Gasteiger partial charge in [-0.2, -0.15) is 0 Å². The van der Waals surface area contributed by atoms with Gasteiger partial charge >= 0.3 is 5.97 Å². The lowest BCUT2D eigenvalue weighted by molar-refractivity contribution is -0.138. The highest BCUT2D eigenvalue weighted by atomic mass is 16.4. The van der Waals surface area contributed by atoms with E-state index in [2.05, 4.69) is 5.32 Å². The van der Waals surface area contributed by atoms with Crippen molar-refractivity contribution in [2.45, 2.75) is 71.8 Å². The van der Waals surface area contributed by atoms with Gasteiger partial charge < -0.3 is 10.4 Å². The van der Waals surface area contributed by atoms with Gasteiger partial charge in [0.25, 0.3) is 0 Å². The summed E-state index contributed by atoms with van der Waals surface area (Å²) in [5.41, 5.74) is -0.237. The summed E-state index contributed by atoms with van der Waals surface area (Å²) in [5.74, 6) is -0.745. The van der Waals surface area contributed by atoms with Crippen LogP contribution in [0.15, 0.2) is 0 Å². The molecule has 110 valence electrons. The summed E-state index contributed by atoms with van der Waals surface area (Å²) >= 11 is 0. The van der Waals surface area contributed by atoms with E-state index in [1.165, 1.54) is 12.8 Å². The number of carbonyl (C=O) groups is 2. The standard InChI is InChI=1S/C15H27NO3/c1-15(2,3)12(10-13(17)18)16-14(19)11-8-6-4-5-7-9-11/h11-12H,4-10H2,1-3H3,(H,16,19)(H,17,18). The molecule has 0 aromatic heterocycles. The molecule has 1 atom stereocenters. The Morgan fingerprint density at radius 1 is 1.16 bits per heavy atom. The number of nitrogens with one attached hydrogen (secondary N) is 1. The van der Waals surface area contributed by atoms with Crippen LogP contribution >= 0.6 is 0 Å². The number of carboxylic acids is 1. The van der Waals surface area contributed by atoms with Crippen molar-refractivity contribution in [3.05, 3.63) is 0 Å². The molecule has 1 rings (SSSR count). The average molecular weight is 269 g/mol. The molecule has 1 aliphatic carbocycles. The minimum Gasteiger partial charge on any atom is -0.481 e. The van der Waals surface area contributed by atoms with Crippen LogP contribution in [0.2, 0.25) is 0 Å². The molecule has 1 amide bonds. The Bertz CT molecular complexity index is 312. The third-order valence-corrected chi connectivity index (χ3v) is 3.97. The minimum absolute atomic E-state index is 0.0119. The van der Waals surface area contributed by atoms with E-state index in [4.69, 9.17) is 5.11 Å². The number of carbonyl (C=O) groups excluding carboxylic acids is 1. The summed E-state index contributed by atoms with van der Waals surface area (Å²) < 4.78 is 0. The summed E-state index contributed by atoms with van der Waals surface area (Å²) in [6.07, 6.45) is 6.51. The Morgan fingerprint density at radius 2 is 1.68 bits per heavy atom. The van der Waals surface area contributed by atoms with E-state index in [1.54, 1.807) is 0 Å². The molecular weight excluding hydrogens is 242 g/mol. The third kappa shape index (κ3) is 5.62. The highest BCUT2D eigenvalue weighted by molar-refractivity contribution is 5.80. The van der Waals surface area contributed by atoms with Gasteiger partial charge in [0.15, 0.2) is 0 Å². The fourth-order valence-corrected chi connectivity index (χ4v) is 2.58. The number of carboxylic acid groups (broad SMARTS) is 1. The molecule has 0 heterocycles. The van der Waals surface area contributed by atoms with Gasteiger partial charge in [0, 0.05) is 12.0 Å². The molecule has 0 radical (unpaired) electrons. The van der Waals surface area contributed by atoms with Crippen molar-refractivity contribution in [3.8, 4) is 0 Å². The molecule has 0 aliphatic heterocycles. The van der Waals surface area contributed by atoms with Crippen LogP contribution in [-0.4, -0.2) is 23.0 Å². The topological polar surface area (TPSA) is 66.4 Å². The molecule has 0 saturated heterocycles. The van der Waals surface area contributed by atoms with Crippen molar-refractivity contribution < 1.29 is 14.7 Å². The predicted molar refractivity (Wildman–Crippen MR) is 74.8 cm³/mol. The molecule has 1 fully saturated rings. The van der Waals surface area contributed by atoms with Crippen molar-refractivity contribution in [1.29, 1.82) is 0 Å². The first kappa shape index (κ1) is 16.0.